The van der Waals surface area contributed by atoms with Gasteiger partial charge < -0.3 is 0 Å². The van der Waals surface area contributed by atoms with Crippen LogP contribution < -0.4 is 0 Å². The van der Waals surface area contributed by atoms with Crippen molar-refractivity contribution >= 4 is 5.78 Å². The Balaban J connectivity index is 2.11. The van der Waals surface area contributed by atoms with E-state index in [2.05, 4.69) is 21.1 Å². The lowest BCUT2D eigenvalue weighted by molar-refractivity contribution is 0.942. The fourth-order valence-corrected chi connectivity index (χ4v) is 1.55. The molecule has 0 aliphatic heterocycles. The zero-order valence-corrected chi connectivity index (χ0v) is 8.78. The molecule has 17 heavy (non-hydrogen) atoms. The van der Waals surface area contributed by atoms with E-state index in [0.717, 1.165) is 5.56 Å². The molecule has 0 fully saturated rings. The van der Waals surface area contributed by atoms with Gasteiger partial charge in [-0.3, -0.25) is 0 Å². The largest absolute Gasteiger partial charge is 0.252 e. The van der Waals surface area contributed by atoms with Crippen molar-refractivity contribution in [3.8, 4) is 17.5 Å². The maximum Gasteiger partial charge on any atom is 0.252 e. The van der Waals surface area contributed by atoms with Crippen molar-refractivity contribution in [3.05, 3.63) is 48.3 Å². The maximum absolute atomic E-state index is 8.72. The molecule has 3 rings (SSSR count). The molecule has 2 heterocycles. The molecule has 0 saturated heterocycles. The van der Waals surface area contributed by atoms with E-state index in [1.54, 1.807) is 35.1 Å². The average Bonchev–Trinajstić information content (AvgIpc) is 2.82. The van der Waals surface area contributed by atoms with Crippen LogP contribution in [0.3, 0.4) is 0 Å². The Labute approximate surface area is 97.0 Å². The summed E-state index contributed by atoms with van der Waals surface area (Å²) in [6, 6.07) is 11.0. The van der Waals surface area contributed by atoms with Crippen molar-refractivity contribution in [2.24, 2.45) is 0 Å². The van der Waals surface area contributed by atoms with Crippen molar-refractivity contribution in [2.75, 3.05) is 0 Å². The Bertz CT molecular complexity index is 673. The zero-order valence-electron chi connectivity index (χ0n) is 8.78. The minimum absolute atomic E-state index is 0.562. The second-order valence-corrected chi connectivity index (χ2v) is 3.49. The van der Waals surface area contributed by atoms with Crippen LogP contribution in [0.2, 0.25) is 0 Å². The molecule has 5 heteroatoms. The highest BCUT2D eigenvalue weighted by Gasteiger charge is 2.06. The van der Waals surface area contributed by atoms with Gasteiger partial charge in [-0.15, -0.1) is 5.10 Å². The van der Waals surface area contributed by atoms with E-state index in [1.807, 2.05) is 12.1 Å². The van der Waals surface area contributed by atoms with Crippen LogP contribution in [0.4, 0.5) is 0 Å². The molecule has 0 N–H and O–H groups in total. The number of nitrogens with zero attached hydrogens (tertiary/aromatic N) is 5. The van der Waals surface area contributed by atoms with Gasteiger partial charge in [0.25, 0.3) is 5.78 Å². The Morgan fingerprint density at radius 1 is 1.18 bits per heavy atom. The lowest BCUT2D eigenvalue weighted by Gasteiger charge is -1.93. The summed E-state index contributed by atoms with van der Waals surface area (Å²) in [5, 5.41) is 13.0. The second kappa shape index (κ2) is 3.68. The van der Waals surface area contributed by atoms with Crippen LogP contribution in [0.25, 0.3) is 17.2 Å². The van der Waals surface area contributed by atoms with E-state index in [-0.39, 0.29) is 0 Å². The molecule has 3 aromatic rings. The van der Waals surface area contributed by atoms with Crippen molar-refractivity contribution in [3.63, 3.8) is 0 Å². The summed E-state index contributed by atoms with van der Waals surface area (Å²) < 4.78 is 1.62. The Kier molecular flexibility index (Phi) is 2.06. The van der Waals surface area contributed by atoms with Crippen LogP contribution in [0.1, 0.15) is 5.56 Å². The summed E-state index contributed by atoms with van der Waals surface area (Å²) in [4.78, 5) is 8.39. The standard InChI is InChI=1S/C12H7N5/c13-8-9-2-4-10(5-3-9)11-15-12-14-6-1-7-17(12)16-11/h1-7H. The van der Waals surface area contributed by atoms with Crippen LogP contribution in [-0.4, -0.2) is 19.6 Å². The Hall–Kier alpha value is -2.74. The van der Waals surface area contributed by atoms with E-state index in [4.69, 9.17) is 5.26 Å². The number of benzene rings is 1. The molecular weight excluding hydrogens is 214 g/mol. The molecular formula is C12H7N5. The zero-order chi connectivity index (χ0) is 11.7. The second-order valence-electron chi connectivity index (χ2n) is 3.49. The number of hydrogen-bond donors (Lipinski definition) is 0. The van der Waals surface area contributed by atoms with Crippen LogP contribution in [0, 0.1) is 11.3 Å². The van der Waals surface area contributed by atoms with Crippen molar-refractivity contribution in [1.82, 2.24) is 19.6 Å². The smallest absolute Gasteiger partial charge is 0.220 e. The van der Waals surface area contributed by atoms with Crippen LogP contribution >= 0.6 is 0 Å². The summed E-state index contributed by atoms with van der Waals surface area (Å²) in [6.07, 6.45) is 3.47. The molecule has 2 aromatic heterocycles. The van der Waals surface area contributed by atoms with Gasteiger partial charge >= 0.3 is 0 Å². The first-order chi connectivity index (χ1) is 8.36. The van der Waals surface area contributed by atoms with Crippen LogP contribution in [-0.2, 0) is 0 Å². The van der Waals surface area contributed by atoms with Gasteiger partial charge in [-0.05, 0) is 30.3 Å². The van der Waals surface area contributed by atoms with E-state index >= 15 is 0 Å². The Morgan fingerprint density at radius 2 is 2.00 bits per heavy atom. The molecule has 0 saturated carbocycles. The molecule has 0 bridgehead atoms. The van der Waals surface area contributed by atoms with Gasteiger partial charge in [-0.1, -0.05) is 0 Å². The molecule has 0 unspecified atom stereocenters. The van der Waals surface area contributed by atoms with Gasteiger partial charge in [0.05, 0.1) is 11.6 Å². The highest BCUT2D eigenvalue weighted by Crippen LogP contribution is 2.15. The molecule has 0 atom stereocenters. The van der Waals surface area contributed by atoms with Gasteiger partial charge in [0.15, 0.2) is 5.82 Å². The lowest BCUT2D eigenvalue weighted by Crippen LogP contribution is -1.87. The highest BCUT2D eigenvalue weighted by atomic mass is 15.3. The van der Waals surface area contributed by atoms with Gasteiger partial charge in [-0.2, -0.15) is 10.2 Å². The number of nitriles is 1. The normalized spacial score (nSPS) is 10.3. The summed E-state index contributed by atoms with van der Waals surface area (Å²) in [7, 11) is 0. The van der Waals surface area contributed by atoms with Gasteiger partial charge in [-0.25, -0.2) is 9.50 Å². The SMILES string of the molecule is N#Cc1ccc(-c2nc3ncccn3n2)cc1. The molecule has 0 radical (unpaired) electrons. The highest BCUT2D eigenvalue weighted by molar-refractivity contribution is 5.58. The number of fused-ring (bicyclic) bond motifs is 1. The third-order valence-corrected chi connectivity index (χ3v) is 2.39. The molecule has 0 spiro atoms. The van der Waals surface area contributed by atoms with Gasteiger partial charge in [0, 0.05) is 18.0 Å². The molecule has 0 amide bonds. The van der Waals surface area contributed by atoms with Gasteiger partial charge in [0.2, 0.25) is 0 Å². The molecule has 5 nitrogen and oxygen atoms in total. The first-order valence-electron chi connectivity index (χ1n) is 5.05. The average molecular weight is 221 g/mol. The number of hydrogen-bond acceptors (Lipinski definition) is 4. The first kappa shape index (κ1) is 9.48. The summed E-state index contributed by atoms with van der Waals surface area (Å²) in [5.74, 6) is 1.17. The fraction of sp³-hybridized carbons (Fsp3) is 0. The van der Waals surface area contributed by atoms with Crippen LogP contribution in [0.5, 0.6) is 0 Å². The third kappa shape index (κ3) is 1.62. The predicted molar refractivity (Wildman–Crippen MR) is 60.9 cm³/mol. The lowest BCUT2D eigenvalue weighted by atomic mass is 10.1. The minimum Gasteiger partial charge on any atom is -0.220 e. The summed E-state index contributed by atoms with van der Waals surface area (Å²) in [6.45, 7) is 0. The van der Waals surface area contributed by atoms with Crippen molar-refractivity contribution < 1.29 is 0 Å². The topological polar surface area (TPSA) is 66.9 Å². The number of aromatic nitrogens is 4. The van der Waals surface area contributed by atoms with Crippen LogP contribution in [0.15, 0.2) is 42.7 Å². The third-order valence-electron chi connectivity index (χ3n) is 2.39. The van der Waals surface area contributed by atoms with E-state index in [9.17, 15) is 0 Å². The predicted octanol–water partition coefficient (Wildman–Crippen LogP) is 1.66. The summed E-state index contributed by atoms with van der Waals surface area (Å²) >= 11 is 0. The molecule has 0 aliphatic carbocycles. The van der Waals surface area contributed by atoms with E-state index in [1.165, 1.54) is 0 Å². The van der Waals surface area contributed by atoms with Crippen molar-refractivity contribution in [1.29, 1.82) is 5.26 Å². The molecule has 80 valence electrons. The maximum atomic E-state index is 8.72. The molecule has 1 aromatic carbocycles. The summed E-state index contributed by atoms with van der Waals surface area (Å²) in [5.41, 5.74) is 1.49. The number of rotatable bonds is 1. The first-order valence-corrected chi connectivity index (χ1v) is 5.05. The van der Waals surface area contributed by atoms with E-state index < -0.39 is 0 Å². The molecule has 0 aliphatic rings. The minimum atomic E-state index is 0.562. The fourth-order valence-electron chi connectivity index (χ4n) is 1.55. The Morgan fingerprint density at radius 3 is 2.71 bits per heavy atom. The van der Waals surface area contributed by atoms with Gasteiger partial charge in [0.1, 0.15) is 0 Å². The monoisotopic (exact) mass is 221 g/mol. The van der Waals surface area contributed by atoms with Crippen molar-refractivity contribution in [2.45, 2.75) is 0 Å². The quantitative estimate of drug-likeness (QED) is 0.626. The van der Waals surface area contributed by atoms with E-state index in [0.29, 0.717) is 17.2 Å².